The minimum atomic E-state index is -0.484. The summed E-state index contributed by atoms with van der Waals surface area (Å²) < 4.78 is 6.40. The molecule has 0 spiro atoms. The molecule has 0 aromatic carbocycles. The largest absolute Gasteiger partial charge is 0.444 e. The van der Waals surface area contributed by atoms with Crippen molar-refractivity contribution >= 4 is 22.0 Å². The molecule has 1 atom stereocenters. The van der Waals surface area contributed by atoms with Crippen LogP contribution in [0.4, 0.5) is 4.79 Å². The smallest absolute Gasteiger partial charge is 0.410 e. The molecule has 1 N–H and O–H groups in total. The van der Waals surface area contributed by atoms with E-state index in [4.69, 9.17) is 4.74 Å². The Morgan fingerprint density at radius 1 is 1.55 bits per heavy atom. The molecule has 1 saturated heterocycles. The predicted octanol–water partition coefficient (Wildman–Crippen LogP) is 2.73. The van der Waals surface area contributed by atoms with Gasteiger partial charge in [-0.3, -0.25) is 9.88 Å². The van der Waals surface area contributed by atoms with Gasteiger partial charge in [-0.05, 0) is 48.3 Å². The van der Waals surface area contributed by atoms with Crippen molar-refractivity contribution in [3.8, 4) is 0 Å². The molecule has 1 aromatic heterocycles. The van der Waals surface area contributed by atoms with E-state index in [0.717, 1.165) is 16.6 Å². The summed E-state index contributed by atoms with van der Waals surface area (Å²) in [5.74, 6) is 0. The quantitative estimate of drug-likeness (QED) is 0.853. The molecule has 0 radical (unpaired) electrons. The monoisotopic (exact) mass is 341 g/mol. The van der Waals surface area contributed by atoms with Crippen molar-refractivity contribution < 1.29 is 9.53 Å². The molecule has 1 aromatic rings. The number of ether oxygens (including phenoxy) is 1. The van der Waals surface area contributed by atoms with Gasteiger partial charge in [0.05, 0.1) is 6.04 Å². The molecule has 1 aliphatic heterocycles. The predicted molar refractivity (Wildman–Crippen MR) is 80.5 cm³/mol. The van der Waals surface area contributed by atoms with E-state index in [9.17, 15) is 4.79 Å². The van der Waals surface area contributed by atoms with Crippen LogP contribution in [-0.4, -0.2) is 41.2 Å². The Morgan fingerprint density at radius 2 is 2.30 bits per heavy atom. The Bertz CT molecular complexity index is 488. The summed E-state index contributed by atoms with van der Waals surface area (Å²) in [5, 5.41) is 3.32. The average molecular weight is 342 g/mol. The van der Waals surface area contributed by atoms with Crippen LogP contribution in [-0.2, 0) is 4.74 Å². The molecule has 0 bridgehead atoms. The van der Waals surface area contributed by atoms with Crippen LogP contribution in [0.5, 0.6) is 0 Å². The normalized spacial score (nSPS) is 19.8. The lowest BCUT2D eigenvalue weighted by molar-refractivity contribution is 0.0117. The van der Waals surface area contributed by atoms with Crippen LogP contribution in [0.1, 0.15) is 32.4 Å². The van der Waals surface area contributed by atoms with Crippen LogP contribution in [0, 0.1) is 0 Å². The number of amides is 1. The second-order valence-corrected chi connectivity index (χ2v) is 6.65. The topological polar surface area (TPSA) is 54.5 Å². The van der Waals surface area contributed by atoms with Crippen molar-refractivity contribution in [2.45, 2.75) is 32.4 Å². The van der Waals surface area contributed by atoms with E-state index in [2.05, 4.69) is 26.2 Å². The Kier molecular flexibility index (Phi) is 4.65. The molecular weight excluding hydrogens is 322 g/mol. The summed E-state index contributed by atoms with van der Waals surface area (Å²) in [6, 6.07) is 1.88. The number of hydrogen-bond donors (Lipinski definition) is 1. The van der Waals surface area contributed by atoms with Gasteiger partial charge in [-0.2, -0.15) is 0 Å². The summed E-state index contributed by atoms with van der Waals surface area (Å²) in [4.78, 5) is 18.2. The number of aromatic nitrogens is 1. The summed E-state index contributed by atoms with van der Waals surface area (Å²) in [6.07, 6.45) is 3.21. The van der Waals surface area contributed by atoms with Gasteiger partial charge in [-0.15, -0.1) is 0 Å². The maximum atomic E-state index is 12.4. The van der Waals surface area contributed by atoms with E-state index in [1.54, 1.807) is 17.3 Å². The molecule has 1 amide bonds. The number of nitrogens with one attached hydrogen (secondary N) is 1. The number of hydrogen-bond acceptors (Lipinski definition) is 4. The molecule has 2 rings (SSSR count). The van der Waals surface area contributed by atoms with Gasteiger partial charge in [0, 0.05) is 36.5 Å². The maximum absolute atomic E-state index is 12.4. The third-order valence-corrected chi connectivity index (χ3v) is 3.70. The van der Waals surface area contributed by atoms with Crippen LogP contribution in [0.15, 0.2) is 22.9 Å². The molecule has 20 heavy (non-hydrogen) atoms. The lowest BCUT2D eigenvalue weighted by Crippen LogP contribution is -2.50. The summed E-state index contributed by atoms with van der Waals surface area (Å²) >= 11 is 3.50. The van der Waals surface area contributed by atoms with Crippen molar-refractivity contribution in [3.63, 3.8) is 0 Å². The first-order valence-corrected chi connectivity index (χ1v) is 7.47. The van der Waals surface area contributed by atoms with E-state index in [1.165, 1.54) is 0 Å². The highest BCUT2D eigenvalue weighted by molar-refractivity contribution is 9.10. The highest BCUT2D eigenvalue weighted by Crippen LogP contribution is 2.29. The Labute approximate surface area is 127 Å². The number of rotatable bonds is 1. The van der Waals surface area contributed by atoms with Gasteiger partial charge >= 0.3 is 6.09 Å². The molecule has 0 saturated carbocycles. The third-order valence-electron chi connectivity index (χ3n) is 3.03. The first kappa shape index (κ1) is 15.3. The highest BCUT2D eigenvalue weighted by atomic mass is 79.9. The van der Waals surface area contributed by atoms with Gasteiger partial charge < -0.3 is 10.1 Å². The van der Waals surface area contributed by atoms with E-state index < -0.39 is 5.60 Å². The van der Waals surface area contributed by atoms with Crippen LogP contribution >= 0.6 is 15.9 Å². The molecule has 5 nitrogen and oxygen atoms in total. The van der Waals surface area contributed by atoms with Crippen LogP contribution in [0.2, 0.25) is 0 Å². The molecule has 1 unspecified atom stereocenters. The molecular formula is C14H20BrN3O2. The Hall–Kier alpha value is -1.14. The fourth-order valence-corrected chi connectivity index (χ4v) is 2.69. The Morgan fingerprint density at radius 3 is 2.95 bits per heavy atom. The second kappa shape index (κ2) is 6.10. The van der Waals surface area contributed by atoms with Gasteiger partial charge in [-0.25, -0.2) is 4.79 Å². The first-order valence-electron chi connectivity index (χ1n) is 6.68. The summed E-state index contributed by atoms with van der Waals surface area (Å²) in [7, 11) is 0. The van der Waals surface area contributed by atoms with Gasteiger partial charge in [0.1, 0.15) is 5.60 Å². The van der Waals surface area contributed by atoms with Gasteiger partial charge in [0.2, 0.25) is 0 Å². The second-order valence-electron chi connectivity index (χ2n) is 5.79. The number of halogens is 1. The highest BCUT2D eigenvalue weighted by Gasteiger charge is 2.32. The Balaban J connectivity index is 2.22. The minimum Gasteiger partial charge on any atom is -0.444 e. The van der Waals surface area contributed by atoms with Crippen molar-refractivity contribution in [2.24, 2.45) is 0 Å². The molecule has 1 aliphatic rings. The van der Waals surface area contributed by atoms with E-state index in [0.29, 0.717) is 13.1 Å². The van der Waals surface area contributed by atoms with Crippen LogP contribution < -0.4 is 5.32 Å². The first-order chi connectivity index (χ1) is 9.38. The molecule has 6 heteroatoms. The number of carbonyl (C=O) groups is 1. The lowest BCUT2D eigenvalue weighted by atomic mass is 10.1. The van der Waals surface area contributed by atoms with E-state index >= 15 is 0 Å². The van der Waals surface area contributed by atoms with E-state index in [-0.39, 0.29) is 12.1 Å². The zero-order chi connectivity index (χ0) is 14.8. The fourth-order valence-electron chi connectivity index (χ4n) is 2.18. The summed E-state index contributed by atoms with van der Waals surface area (Å²) in [6.45, 7) is 7.76. The number of pyridine rings is 1. The lowest BCUT2D eigenvalue weighted by Gasteiger charge is -2.37. The zero-order valence-corrected chi connectivity index (χ0v) is 13.6. The fraction of sp³-hybridized carbons (Fsp3) is 0.571. The van der Waals surface area contributed by atoms with Crippen molar-refractivity contribution in [3.05, 3.63) is 28.5 Å². The summed E-state index contributed by atoms with van der Waals surface area (Å²) in [5.41, 5.74) is 0.556. The molecule has 0 aliphatic carbocycles. The number of piperazine rings is 1. The van der Waals surface area contributed by atoms with Gasteiger partial charge in [-0.1, -0.05) is 0 Å². The molecule has 2 heterocycles. The minimum absolute atomic E-state index is 0.0454. The van der Waals surface area contributed by atoms with Crippen molar-refractivity contribution in [1.82, 2.24) is 15.2 Å². The third kappa shape index (κ3) is 3.70. The van der Waals surface area contributed by atoms with Gasteiger partial charge in [0.15, 0.2) is 0 Å². The average Bonchev–Trinajstić information content (AvgIpc) is 2.37. The SMILES string of the molecule is CC(C)(C)OC(=O)N1CCNCC1c1ccncc1Br. The number of carbonyl (C=O) groups excluding carboxylic acids is 1. The molecule has 110 valence electrons. The van der Waals surface area contributed by atoms with Gasteiger partial charge in [0.25, 0.3) is 0 Å². The van der Waals surface area contributed by atoms with Crippen molar-refractivity contribution in [1.29, 1.82) is 0 Å². The van der Waals surface area contributed by atoms with Crippen molar-refractivity contribution in [2.75, 3.05) is 19.6 Å². The maximum Gasteiger partial charge on any atom is 0.410 e. The van der Waals surface area contributed by atoms with Crippen LogP contribution in [0.25, 0.3) is 0 Å². The van der Waals surface area contributed by atoms with Crippen LogP contribution in [0.3, 0.4) is 0 Å². The standard InChI is InChI=1S/C14H20BrN3O2/c1-14(2,3)20-13(19)18-7-6-17-9-12(18)10-4-5-16-8-11(10)15/h4-5,8,12,17H,6-7,9H2,1-3H3. The number of nitrogens with zero attached hydrogens (tertiary/aromatic N) is 2. The zero-order valence-electron chi connectivity index (χ0n) is 12.0. The molecule has 1 fully saturated rings. The van der Waals surface area contributed by atoms with E-state index in [1.807, 2.05) is 26.8 Å².